The van der Waals surface area contributed by atoms with E-state index in [0.717, 1.165) is 66.2 Å². The Hall–Kier alpha value is -2.51. The van der Waals surface area contributed by atoms with Crippen LogP contribution in [0.1, 0.15) is 48.9 Å². The first-order chi connectivity index (χ1) is 14.1. The Kier molecular flexibility index (Phi) is 4.72. The quantitative estimate of drug-likeness (QED) is 0.689. The molecule has 0 radical (unpaired) electrons. The molecule has 0 spiro atoms. The molecule has 1 fully saturated rings. The zero-order chi connectivity index (χ0) is 20.0. The fraction of sp³-hybridized carbons (Fsp3) is 0.381. The number of nitrogens with one attached hydrogen (secondary N) is 1. The van der Waals surface area contributed by atoms with Crippen molar-refractivity contribution >= 4 is 17.4 Å². The minimum atomic E-state index is -0.309. The molecule has 1 unspecified atom stereocenters. The Morgan fingerprint density at radius 3 is 2.66 bits per heavy atom. The molecule has 0 saturated carbocycles. The van der Waals surface area contributed by atoms with Gasteiger partial charge in [-0.15, -0.1) is 10.2 Å². The van der Waals surface area contributed by atoms with Crippen LogP contribution >= 0.6 is 11.6 Å². The van der Waals surface area contributed by atoms with Crippen molar-refractivity contribution in [2.45, 2.75) is 38.3 Å². The van der Waals surface area contributed by atoms with Crippen LogP contribution in [0, 0.1) is 5.82 Å². The maximum Gasteiger partial charge on any atom is 0.154 e. The summed E-state index contributed by atoms with van der Waals surface area (Å²) in [6, 6.07) is 9.30. The summed E-state index contributed by atoms with van der Waals surface area (Å²) in [6.45, 7) is 4.56. The molecule has 0 aliphatic carbocycles. The number of benzene rings is 1. The van der Waals surface area contributed by atoms with Gasteiger partial charge in [0.1, 0.15) is 17.5 Å². The molecule has 29 heavy (non-hydrogen) atoms. The Labute approximate surface area is 173 Å². The number of fused-ring (bicyclic) bond motifs is 3. The number of aromatic nitrogens is 4. The highest BCUT2D eigenvalue weighted by Gasteiger charge is 2.30. The molecule has 1 atom stereocenters. The van der Waals surface area contributed by atoms with Gasteiger partial charge in [-0.1, -0.05) is 11.6 Å². The van der Waals surface area contributed by atoms with E-state index in [4.69, 9.17) is 11.6 Å². The van der Waals surface area contributed by atoms with Crippen LogP contribution in [0.4, 0.5) is 10.2 Å². The average molecular weight is 413 g/mol. The third-order valence-electron chi connectivity index (χ3n) is 5.88. The molecule has 1 aromatic carbocycles. The van der Waals surface area contributed by atoms with Gasteiger partial charge < -0.3 is 10.2 Å². The zero-order valence-electron chi connectivity index (χ0n) is 16.1. The van der Waals surface area contributed by atoms with E-state index in [0.29, 0.717) is 5.92 Å². The molecule has 4 heterocycles. The van der Waals surface area contributed by atoms with Gasteiger partial charge >= 0.3 is 0 Å². The summed E-state index contributed by atoms with van der Waals surface area (Å²) in [5.41, 5.74) is 2.25. The predicted molar refractivity (Wildman–Crippen MR) is 110 cm³/mol. The van der Waals surface area contributed by atoms with Gasteiger partial charge in [-0.05, 0) is 55.7 Å². The molecular weight excluding hydrogens is 391 g/mol. The van der Waals surface area contributed by atoms with Crippen LogP contribution in [0.2, 0.25) is 5.02 Å². The third-order valence-corrected chi connectivity index (χ3v) is 6.11. The van der Waals surface area contributed by atoms with Crippen LogP contribution < -0.4 is 10.2 Å². The Bertz CT molecular complexity index is 1030. The molecule has 2 aliphatic rings. The minimum absolute atomic E-state index is 0.103. The van der Waals surface area contributed by atoms with E-state index < -0.39 is 0 Å². The number of anilines is 1. The topological polar surface area (TPSA) is 58.9 Å². The van der Waals surface area contributed by atoms with Crippen molar-refractivity contribution in [3.63, 3.8) is 0 Å². The highest BCUT2D eigenvalue weighted by atomic mass is 35.5. The highest BCUT2D eigenvalue weighted by Crippen LogP contribution is 2.34. The van der Waals surface area contributed by atoms with Crippen molar-refractivity contribution in [1.29, 1.82) is 0 Å². The summed E-state index contributed by atoms with van der Waals surface area (Å²) in [5.74, 6) is 2.76. The van der Waals surface area contributed by atoms with Crippen LogP contribution in [0.3, 0.4) is 0 Å². The second-order valence-electron chi connectivity index (χ2n) is 7.72. The van der Waals surface area contributed by atoms with E-state index in [1.54, 1.807) is 6.07 Å². The number of hydrogen-bond acceptors (Lipinski definition) is 5. The predicted octanol–water partition coefficient (Wildman–Crippen LogP) is 4.00. The Morgan fingerprint density at radius 1 is 1.10 bits per heavy atom. The molecule has 2 aromatic heterocycles. The lowest BCUT2D eigenvalue weighted by molar-refractivity contribution is 0.475. The molecule has 1 N–H and O–H groups in total. The third kappa shape index (κ3) is 3.38. The van der Waals surface area contributed by atoms with Gasteiger partial charge in [0.05, 0.1) is 17.9 Å². The van der Waals surface area contributed by atoms with Gasteiger partial charge in [-0.2, -0.15) is 0 Å². The number of rotatable bonds is 2. The standard InChI is InChI=1S/C21H22ClFN6/c1-13-20-26-27-21(29(20)18-4-2-16(22)10-15(18)11-24-13)14-6-8-28(9-7-14)19-5-3-17(23)12-25-19/h2-5,10,12-14,24H,6-9,11H2,1H3. The minimum Gasteiger partial charge on any atom is -0.357 e. The summed E-state index contributed by atoms with van der Waals surface area (Å²) in [5, 5.41) is 13.4. The maximum atomic E-state index is 13.2. The Balaban J connectivity index is 1.44. The smallest absolute Gasteiger partial charge is 0.154 e. The van der Waals surface area contributed by atoms with Crippen LogP contribution in [0.25, 0.3) is 5.69 Å². The van der Waals surface area contributed by atoms with Gasteiger partial charge in [0.25, 0.3) is 0 Å². The van der Waals surface area contributed by atoms with Crippen molar-refractivity contribution in [1.82, 2.24) is 25.1 Å². The number of halogens is 2. The van der Waals surface area contributed by atoms with Crippen molar-refractivity contribution in [2.24, 2.45) is 0 Å². The fourth-order valence-corrected chi connectivity index (χ4v) is 4.49. The molecule has 1 saturated heterocycles. The molecule has 150 valence electrons. The largest absolute Gasteiger partial charge is 0.357 e. The van der Waals surface area contributed by atoms with E-state index in [2.05, 4.69) is 43.0 Å². The molecule has 0 bridgehead atoms. The molecule has 0 amide bonds. The van der Waals surface area contributed by atoms with Crippen LogP contribution in [-0.4, -0.2) is 32.8 Å². The monoisotopic (exact) mass is 412 g/mol. The lowest BCUT2D eigenvalue weighted by Gasteiger charge is -2.32. The van der Waals surface area contributed by atoms with Gasteiger partial charge in [0, 0.05) is 30.6 Å². The second kappa shape index (κ2) is 7.39. The van der Waals surface area contributed by atoms with E-state index >= 15 is 0 Å². The molecule has 6 nitrogen and oxygen atoms in total. The first-order valence-electron chi connectivity index (χ1n) is 9.94. The van der Waals surface area contributed by atoms with Crippen LogP contribution in [0.5, 0.6) is 0 Å². The van der Waals surface area contributed by atoms with E-state index in [1.165, 1.54) is 12.3 Å². The molecule has 8 heteroatoms. The number of pyridine rings is 1. The lowest BCUT2D eigenvalue weighted by Crippen LogP contribution is -2.34. The van der Waals surface area contributed by atoms with Gasteiger partial charge in [0.2, 0.25) is 0 Å². The highest BCUT2D eigenvalue weighted by molar-refractivity contribution is 6.30. The van der Waals surface area contributed by atoms with Crippen LogP contribution in [-0.2, 0) is 6.54 Å². The average Bonchev–Trinajstić information content (AvgIpc) is 3.12. The molecule has 5 rings (SSSR count). The van der Waals surface area contributed by atoms with Crippen LogP contribution in [0.15, 0.2) is 36.5 Å². The van der Waals surface area contributed by atoms with Crippen molar-refractivity contribution < 1.29 is 4.39 Å². The normalized spacial score (nSPS) is 19.6. The van der Waals surface area contributed by atoms with Gasteiger partial charge in [-0.3, -0.25) is 4.57 Å². The molecule has 3 aromatic rings. The van der Waals surface area contributed by atoms with Crippen molar-refractivity contribution in [3.05, 3.63) is 64.6 Å². The lowest BCUT2D eigenvalue weighted by atomic mass is 9.95. The number of piperidine rings is 1. The maximum absolute atomic E-state index is 13.2. The summed E-state index contributed by atoms with van der Waals surface area (Å²) >= 11 is 6.24. The zero-order valence-corrected chi connectivity index (χ0v) is 16.9. The number of nitrogens with zero attached hydrogens (tertiary/aromatic N) is 5. The second-order valence-corrected chi connectivity index (χ2v) is 8.16. The SMILES string of the molecule is CC1NCc2cc(Cl)ccc2-n2c(C3CCN(c4ccc(F)cn4)CC3)nnc21. The summed E-state index contributed by atoms with van der Waals surface area (Å²) in [7, 11) is 0. The molecule has 2 aliphatic heterocycles. The van der Waals surface area contributed by atoms with Gasteiger partial charge in [-0.25, -0.2) is 9.37 Å². The van der Waals surface area contributed by atoms with Crippen molar-refractivity contribution in [2.75, 3.05) is 18.0 Å². The summed E-state index contributed by atoms with van der Waals surface area (Å²) in [6.07, 6.45) is 3.17. The first-order valence-corrected chi connectivity index (χ1v) is 10.3. The molecular formula is C21H22ClFN6. The fourth-order valence-electron chi connectivity index (χ4n) is 4.29. The van der Waals surface area contributed by atoms with E-state index in [1.807, 2.05) is 12.1 Å². The van der Waals surface area contributed by atoms with E-state index in [9.17, 15) is 4.39 Å². The Morgan fingerprint density at radius 2 is 1.90 bits per heavy atom. The van der Waals surface area contributed by atoms with Crippen molar-refractivity contribution in [3.8, 4) is 5.69 Å². The van der Waals surface area contributed by atoms with Gasteiger partial charge in [0.15, 0.2) is 5.82 Å². The summed E-state index contributed by atoms with van der Waals surface area (Å²) in [4.78, 5) is 6.42. The summed E-state index contributed by atoms with van der Waals surface area (Å²) < 4.78 is 15.4. The number of hydrogen-bond donors (Lipinski definition) is 1. The van der Waals surface area contributed by atoms with E-state index in [-0.39, 0.29) is 11.9 Å². The first kappa shape index (κ1) is 18.5.